The second-order valence-electron chi connectivity index (χ2n) is 3.04. The summed E-state index contributed by atoms with van der Waals surface area (Å²) in [5.74, 6) is 0.598. The molecule has 0 aliphatic rings. The van der Waals surface area contributed by atoms with Gasteiger partial charge in [0.15, 0.2) is 0 Å². The molecule has 0 aliphatic heterocycles. The monoisotopic (exact) mass is 191 g/mol. The predicted octanol–water partition coefficient (Wildman–Crippen LogP) is 1.63. The summed E-state index contributed by atoms with van der Waals surface area (Å²) in [4.78, 5) is 0. The molecule has 0 unspecified atom stereocenters. The second-order valence-corrected chi connectivity index (χ2v) is 3.04. The lowest BCUT2D eigenvalue weighted by atomic mass is 10.1. The van der Waals surface area contributed by atoms with E-state index in [0.717, 1.165) is 5.56 Å². The van der Waals surface area contributed by atoms with Crippen LogP contribution < -0.4 is 4.74 Å². The molecule has 0 bridgehead atoms. The molecule has 0 saturated carbocycles. The molecule has 0 aliphatic carbocycles. The fraction of sp³-hybridized carbons (Fsp3) is 0.364. The first-order chi connectivity index (χ1) is 6.77. The molecule has 14 heavy (non-hydrogen) atoms. The maximum absolute atomic E-state index is 8.79. The fourth-order valence-electron chi connectivity index (χ4n) is 1.09. The van der Waals surface area contributed by atoms with Crippen LogP contribution in [0.5, 0.6) is 5.75 Å². The van der Waals surface area contributed by atoms with Crippen molar-refractivity contribution in [3.63, 3.8) is 0 Å². The Bertz CT molecular complexity index is 342. The second kappa shape index (κ2) is 5.25. The van der Waals surface area contributed by atoms with Gasteiger partial charge in [-0.05, 0) is 24.6 Å². The smallest absolute Gasteiger partial charge is 0.137 e. The van der Waals surface area contributed by atoms with Gasteiger partial charge < -0.3 is 9.84 Å². The molecule has 0 heterocycles. The van der Waals surface area contributed by atoms with Gasteiger partial charge in [0.05, 0.1) is 12.2 Å². The Hall–Kier alpha value is -1.53. The maximum atomic E-state index is 8.79. The fourth-order valence-corrected chi connectivity index (χ4v) is 1.09. The van der Waals surface area contributed by atoms with Gasteiger partial charge >= 0.3 is 0 Å². The average molecular weight is 191 g/mol. The number of rotatable bonds is 4. The lowest BCUT2D eigenvalue weighted by molar-refractivity contribution is 0.233. The van der Waals surface area contributed by atoms with Gasteiger partial charge in [-0.25, -0.2) is 0 Å². The summed E-state index contributed by atoms with van der Waals surface area (Å²) in [5, 5.41) is 17.4. The molecule has 0 atom stereocenters. The topological polar surface area (TPSA) is 53.2 Å². The van der Waals surface area contributed by atoms with E-state index in [-0.39, 0.29) is 6.61 Å². The maximum Gasteiger partial charge on any atom is 0.137 e. The Morgan fingerprint density at radius 2 is 2.29 bits per heavy atom. The van der Waals surface area contributed by atoms with Gasteiger partial charge in [0, 0.05) is 13.0 Å². The van der Waals surface area contributed by atoms with Crippen LogP contribution in [-0.2, 0) is 0 Å². The molecule has 1 aromatic carbocycles. The van der Waals surface area contributed by atoms with E-state index in [1.54, 1.807) is 6.07 Å². The summed E-state index contributed by atoms with van der Waals surface area (Å²) < 4.78 is 5.37. The van der Waals surface area contributed by atoms with Gasteiger partial charge in [0.1, 0.15) is 11.8 Å². The van der Waals surface area contributed by atoms with E-state index >= 15 is 0 Å². The Morgan fingerprint density at radius 3 is 2.93 bits per heavy atom. The first-order valence-electron chi connectivity index (χ1n) is 4.52. The standard InChI is InChI=1S/C11H13NO2/c1-9-3-4-10(8-12)11(7-9)14-6-2-5-13/h3-4,7,13H,2,5-6H2,1H3. The van der Waals surface area contributed by atoms with Crippen molar-refractivity contribution in [2.24, 2.45) is 0 Å². The summed E-state index contributed by atoms with van der Waals surface area (Å²) >= 11 is 0. The van der Waals surface area contributed by atoms with E-state index in [1.807, 2.05) is 19.1 Å². The largest absolute Gasteiger partial charge is 0.492 e. The van der Waals surface area contributed by atoms with Gasteiger partial charge in [-0.3, -0.25) is 0 Å². The highest BCUT2D eigenvalue weighted by atomic mass is 16.5. The minimum atomic E-state index is 0.105. The summed E-state index contributed by atoms with van der Waals surface area (Å²) in [7, 11) is 0. The molecule has 0 spiro atoms. The number of aliphatic hydroxyl groups excluding tert-OH is 1. The Labute approximate surface area is 83.6 Å². The Morgan fingerprint density at radius 1 is 1.50 bits per heavy atom. The molecule has 3 heteroatoms. The van der Waals surface area contributed by atoms with E-state index in [4.69, 9.17) is 15.1 Å². The number of hydrogen-bond donors (Lipinski definition) is 1. The predicted molar refractivity (Wildman–Crippen MR) is 53.1 cm³/mol. The van der Waals surface area contributed by atoms with Crippen LogP contribution >= 0.6 is 0 Å². The van der Waals surface area contributed by atoms with E-state index < -0.39 is 0 Å². The van der Waals surface area contributed by atoms with Crippen molar-refractivity contribution in [3.05, 3.63) is 29.3 Å². The highest BCUT2D eigenvalue weighted by Crippen LogP contribution is 2.19. The van der Waals surface area contributed by atoms with Crippen LogP contribution in [0, 0.1) is 18.3 Å². The molecule has 3 nitrogen and oxygen atoms in total. The highest BCUT2D eigenvalue weighted by Gasteiger charge is 2.02. The molecule has 0 saturated heterocycles. The van der Waals surface area contributed by atoms with Crippen LogP contribution in [0.1, 0.15) is 17.5 Å². The van der Waals surface area contributed by atoms with Gasteiger partial charge in [0.25, 0.3) is 0 Å². The lowest BCUT2D eigenvalue weighted by Crippen LogP contribution is -2.01. The molecule has 1 N–H and O–H groups in total. The minimum Gasteiger partial charge on any atom is -0.492 e. The van der Waals surface area contributed by atoms with Crippen LogP contribution in [0.15, 0.2) is 18.2 Å². The third kappa shape index (κ3) is 2.75. The molecular formula is C11H13NO2. The van der Waals surface area contributed by atoms with Crippen LogP contribution in [-0.4, -0.2) is 18.3 Å². The first kappa shape index (κ1) is 10.6. The van der Waals surface area contributed by atoms with Gasteiger partial charge in [-0.2, -0.15) is 5.26 Å². The quantitative estimate of drug-likeness (QED) is 0.736. The summed E-state index contributed by atoms with van der Waals surface area (Å²) in [6.45, 7) is 2.49. The van der Waals surface area contributed by atoms with E-state index in [2.05, 4.69) is 6.07 Å². The normalized spacial score (nSPS) is 9.50. The number of nitrogens with zero attached hydrogens (tertiary/aromatic N) is 1. The van der Waals surface area contributed by atoms with Crippen LogP contribution in [0.25, 0.3) is 0 Å². The number of benzene rings is 1. The zero-order valence-corrected chi connectivity index (χ0v) is 8.16. The molecule has 0 amide bonds. The van der Waals surface area contributed by atoms with Crippen LogP contribution in [0.2, 0.25) is 0 Å². The Kier molecular flexibility index (Phi) is 3.96. The van der Waals surface area contributed by atoms with Gasteiger partial charge in [-0.15, -0.1) is 0 Å². The van der Waals surface area contributed by atoms with E-state index in [1.165, 1.54) is 0 Å². The molecule has 0 fully saturated rings. The van der Waals surface area contributed by atoms with Gasteiger partial charge in [0.2, 0.25) is 0 Å². The first-order valence-corrected chi connectivity index (χ1v) is 4.52. The van der Waals surface area contributed by atoms with Crippen molar-refractivity contribution in [2.45, 2.75) is 13.3 Å². The average Bonchev–Trinajstić information content (AvgIpc) is 2.19. The van der Waals surface area contributed by atoms with E-state index in [0.29, 0.717) is 24.3 Å². The number of hydrogen-bond acceptors (Lipinski definition) is 3. The molecule has 1 aromatic rings. The molecule has 0 aromatic heterocycles. The third-order valence-electron chi connectivity index (χ3n) is 1.82. The zero-order chi connectivity index (χ0) is 10.4. The summed E-state index contributed by atoms with van der Waals surface area (Å²) in [6, 6.07) is 7.50. The number of aryl methyl sites for hydroxylation is 1. The highest BCUT2D eigenvalue weighted by molar-refractivity contribution is 5.44. The Balaban J connectivity index is 2.73. The summed E-state index contributed by atoms with van der Waals surface area (Å²) in [5.41, 5.74) is 1.59. The lowest BCUT2D eigenvalue weighted by Gasteiger charge is -2.07. The van der Waals surface area contributed by atoms with Gasteiger partial charge in [-0.1, -0.05) is 6.07 Å². The van der Waals surface area contributed by atoms with Crippen molar-refractivity contribution in [3.8, 4) is 11.8 Å². The van der Waals surface area contributed by atoms with Crippen LogP contribution in [0.3, 0.4) is 0 Å². The number of nitriles is 1. The minimum absolute atomic E-state index is 0.105. The molecular weight excluding hydrogens is 178 g/mol. The van der Waals surface area contributed by atoms with Crippen molar-refractivity contribution in [1.29, 1.82) is 5.26 Å². The SMILES string of the molecule is Cc1ccc(C#N)c(OCCCO)c1. The molecule has 0 radical (unpaired) electrons. The van der Waals surface area contributed by atoms with Crippen molar-refractivity contribution >= 4 is 0 Å². The van der Waals surface area contributed by atoms with Crippen molar-refractivity contribution in [2.75, 3.05) is 13.2 Å². The van der Waals surface area contributed by atoms with E-state index in [9.17, 15) is 0 Å². The molecule has 74 valence electrons. The van der Waals surface area contributed by atoms with Crippen molar-refractivity contribution in [1.82, 2.24) is 0 Å². The van der Waals surface area contributed by atoms with Crippen molar-refractivity contribution < 1.29 is 9.84 Å². The molecule has 1 rings (SSSR count). The number of aliphatic hydroxyl groups is 1. The summed E-state index contributed by atoms with van der Waals surface area (Å²) in [6.07, 6.45) is 0.582. The number of ether oxygens (including phenoxy) is 1. The third-order valence-corrected chi connectivity index (χ3v) is 1.82. The zero-order valence-electron chi connectivity index (χ0n) is 8.16. The van der Waals surface area contributed by atoms with Crippen LogP contribution in [0.4, 0.5) is 0 Å².